The summed E-state index contributed by atoms with van der Waals surface area (Å²) >= 11 is 0. The van der Waals surface area contributed by atoms with E-state index < -0.39 is 0 Å². The molecule has 2 heteroatoms. The second kappa shape index (κ2) is 8.58. The zero-order valence-corrected chi connectivity index (χ0v) is 19.2. The molecule has 0 N–H and O–H groups in total. The molecule has 6 rings (SSSR count). The predicted octanol–water partition coefficient (Wildman–Crippen LogP) is 7.11. The number of para-hydroxylation sites is 1. The average Bonchev–Trinajstić information content (AvgIpc) is 3.31. The quantitative estimate of drug-likeness (QED) is 0.287. The van der Waals surface area contributed by atoms with Gasteiger partial charge in [-0.25, -0.2) is 4.98 Å². The molecule has 2 aromatic heterocycles. The van der Waals surface area contributed by atoms with Gasteiger partial charge in [-0.1, -0.05) is 116 Å². The first-order chi connectivity index (χ1) is 17.3. The van der Waals surface area contributed by atoms with Gasteiger partial charge in [-0.15, -0.1) is 0 Å². The topological polar surface area (TPSA) is 26.0 Å². The van der Waals surface area contributed by atoms with E-state index in [1.165, 1.54) is 0 Å². The Labute approximate surface area is 203 Å². The first-order valence-electron chi connectivity index (χ1n) is 11.6. The van der Waals surface area contributed by atoms with Crippen LogP contribution >= 0.6 is 0 Å². The van der Waals surface area contributed by atoms with Crippen molar-refractivity contribution in [3.8, 4) is 22.6 Å². The van der Waals surface area contributed by atoms with E-state index in [1.807, 2.05) is 78.9 Å². The number of rotatable bonds is 4. The second-order valence-electron chi connectivity index (χ2n) is 8.49. The third-order valence-electron chi connectivity index (χ3n) is 6.39. The van der Waals surface area contributed by atoms with Crippen molar-refractivity contribution < 1.29 is 4.42 Å². The predicted molar refractivity (Wildman–Crippen MR) is 146 cm³/mol. The van der Waals surface area contributed by atoms with Crippen LogP contribution in [0.5, 0.6) is 0 Å². The molecule has 0 fully saturated rings. The molecule has 0 aliphatic heterocycles. The number of hydrogen-bond acceptors (Lipinski definition) is 2. The molecule has 0 atom stereocenters. The van der Waals surface area contributed by atoms with Gasteiger partial charge in [0.05, 0.1) is 16.6 Å². The summed E-state index contributed by atoms with van der Waals surface area (Å²) in [5.41, 5.74) is 6.61. The van der Waals surface area contributed by atoms with Crippen LogP contribution in [0.4, 0.5) is 0 Å². The molecule has 0 saturated carbocycles. The third kappa shape index (κ3) is 3.48. The van der Waals surface area contributed by atoms with Crippen LogP contribution < -0.4 is 10.4 Å². The van der Waals surface area contributed by atoms with Crippen LogP contribution in [-0.4, -0.2) is 4.98 Å². The van der Waals surface area contributed by atoms with E-state index in [1.54, 1.807) is 0 Å². The van der Waals surface area contributed by atoms with Crippen molar-refractivity contribution in [1.29, 1.82) is 0 Å². The molecule has 0 amide bonds. The smallest absolute Gasteiger partial charge is 0.147 e. The summed E-state index contributed by atoms with van der Waals surface area (Å²) in [6.07, 6.45) is 1.91. The van der Waals surface area contributed by atoms with Gasteiger partial charge in [0.1, 0.15) is 11.3 Å². The van der Waals surface area contributed by atoms with Crippen LogP contribution in [-0.2, 0) is 0 Å². The standard InChI is InChI=1S/C33H23NO/c1-3-25(26-19-11-10-14-22(26)2)29-30-31(23-15-6-4-7-16-23)34-28-21-13-12-20-27(28)33(30)35-32(29)24-17-8-5-9-18-24/h3-21H,1-2H2/b26-25+. The van der Waals surface area contributed by atoms with E-state index in [9.17, 15) is 0 Å². The number of nitrogens with zero attached hydrogens (tertiary/aromatic N) is 1. The van der Waals surface area contributed by atoms with E-state index in [-0.39, 0.29) is 0 Å². The number of benzene rings is 4. The Bertz CT molecular complexity index is 1810. The van der Waals surface area contributed by atoms with Gasteiger partial charge in [-0.3, -0.25) is 0 Å². The molecule has 4 aromatic carbocycles. The number of hydrogen-bond donors (Lipinski definition) is 0. The molecular weight excluding hydrogens is 426 g/mol. The summed E-state index contributed by atoms with van der Waals surface area (Å²) in [5, 5.41) is 3.92. The molecule has 2 heterocycles. The van der Waals surface area contributed by atoms with Crippen molar-refractivity contribution >= 4 is 34.0 Å². The minimum Gasteiger partial charge on any atom is -0.455 e. The molecule has 0 aliphatic carbocycles. The molecule has 2 nitrogen and oxygen atoms in total. The summed E-state index contributed by atoms with van der Waals surface area (Å²) in [5.74, 6) is 0.800. The van der Waals surface area contributed by atoms with Crippen molar-refractivity contribution in [2.24, 2.45) is 0 Å². The lowest BCUT2D eigenvalue weighted by Gasteiger charge is -2.10. The van der Waals surface area contributed by atoms with E-state index in [4.69, 9.17) is 9.40 Å². The molecule has 0 unspecified atom stereocenters. The number of aromatic nitrogens is 1. The van der Waals surface area contributed by atoms with E-state index in [2.05, 4.69) is 49.6 Å². The highest BCUT2D eigenvalue weighted by atomic mass is 16.3. The summed E-state index contributed by atoms with van der Waals surface area (Å²) in [6, 6.07) is 36.8. The highest BCUT2D eigenvalue weighted by Crippen LogP contribution is 2.44. The van der Waals surface area contributed by atoms with Crippen molar-refractivity contribution in [2.45, 2.75) is 0 Å². The maximum atomic E-state index is 6.78. The van der Waals surface area contributed by atoms with Crippen LogP contribution in [0.3, 0.4) is 0 Å². The Morgan fingerprint density at radius 1 is 0.714 bits per heavy atom. The van der Waals surface area contributed by atoms with E-state index >= 15 is 0 Å². The minimum absolute atomic E-state index is 0.800. The Morgan fingerprint density at radius 3 is 2.06 bits per heavy atom. The van der Waals surface area contributed by atoms with E-state index in [0.29, 0.717) is 0 Å². The maximum absolute atomic E-state index is 6.78. The fourth-order valence-electron chi connectivity index (χ4n) is 4.77. The highest BCUT2D eigenvalue weighted by Gasteiger charge is 2.24. The molecule has 0 saturated heterocycles. The summed E-state index contributed by atoms with van der Waals surface area (Å²) in [7, 11) is 0. The van der Waals surface area contributed by atoms with Crippen LogP contribution in [0.2, 0.25) is 0 Å². The van der Waals surface area contributed by atoms with Gasteiger partial charge in [0.15, 0.2) is 0 Å². The molecule has 6 aromatic rings. The SMILES string of the molecule is C=C/C(c1c(-c2ccccc2)oc2c1c(-c1ccccc1)nc1ccccc12)=c1/ccccc1=C. The lowest BCUT2D eigenvalue weighted by molar-refractivity contribution is 0.634. The molecule has 0 aliphatic rings. The van der Waals surface area contributed by atoms with Crippen LogP contribution in [0.25, 0.3) is 56.6 Å². The monoisotopic (exact) mass is 449 g/mol. The lowest BCUT2D eigenvalue weighted by atomic mass is 9.93. The second-order valence-corrected chi connectivity index (χ2v) is 8.49. The summed E-state index contributed by atoms with van der Waals surface area (Å²) < 4.78 is 6.78. The highest BCUT2D eigenvalue weighted by molar-refractivity contribution is 6.15. The fraction of sp³-hybridized carbons (Fsp3) is 0. The van der Waals surface area contributed by atoms with Gasteiger partial charge in [0, 0.05) is 22.1 Å². The molecule has 166 valence electrons. The number of allylic oxidation sites excluding steroid dienone is 1. The Morgan fingerprint density at radius 2 is 1.34 bits per heavy atom. The maximum Gasteiger partial charge on any atom is 0.147 e. The first-order valence-corrected chi connectivity index (χ1v) is 11.6. The Kier molecular flexibility index (Phi) is 5.12. The average molecular weight is 450 g/mol. The van der Waals surface area contributed by atoms with Crippen LogP contribution in [0, 0.1) is 0 Å². The Balaban J connectivity index is 1.90. The Hall–Kier alpha value is -4.69. The first kappa shape index (κ1) is 20.9. The van der Waals surface area contributed by atoms with Crippen molar-refractivity contribution in [3.63, 3.8) is 0 Å². The third-order valence-corrected chi connectivity index (χ3v) is 6.39. The zero-order chi connectivity index (χ0) is 23.8. The van der Waals surface area contributed by atoms with Crippen molar-refractivity contribution in [2.75, 3.05) is 0 Å². The van der Waals surface area contributed by atoms with Gasteiger partial charge < -0.3 is 4.42 Å². The molecule has 0 radical (unpaired) electrons. The fourth-order valence-corrected chi connectivity index (χ4v) is 4.77. The minimum atomic E-state index is 0.800. The number of fused-ring (bicyclic) bond motifs is 3. The largest absolute Gasteiger partial charge is 0.455 e. The normalized spacial score (nSPS) is 12.1. The van der Waals surface area contributed by atoms with Gasteiger partial charge >= 0.3 is 0 Å². The zero-order valence-electron chi connectivity index (χ0n) is 19.2. The number of furan rings is 1. The van der Waals surface area contributed by atoms with Crippen LogP contribution in [0.15, 0.2) is 126 Å². The lowest BCUT2D eigenvalue weighted by Crippen LogP contribution is -2.25. The van der Waals surface area contributed by atoms with E-state index in [0.717, 1.165) is 66.0 Å². The van der Waals surface area contributed by atoms with Gasteiger partial charge in [-0.05, 0) is 28.1 Å². The molecule has 0 bridgehead atoms. The molecular formula is C33H23NO. The van der Waals surface area contributed by atoms with Crippen LogP contribution in [0.1, 0.15) is 5.56 Å². The van der Waals surface area contributed by atoms with Gasteiger partial charge in [0.25, 0.3) is 0 Å². The van der Waals surface area contributed by atoms with Crippen molar-refractivity contribution in [3.05, 3.63) is 138 Å². The summed E-state index contributed by atoms with van der Waals surface area (Å²) in [4.78, 5) is 5.15. The van der Waals surface area contributed by atoms with Crippen molar-refractivity contribution in [1.82, 2.24) is 4.98 Å². The summed E-state index contributed by atoms with van der Waals surface area (Å²) in [6.45, 7) is 8.51. The van der Waals surface area contributed by atoms with Gasteiger partial charge in [-0.2, -0.15) is 0 Å². The number of pyridine rings is 1. The molecule has 0 spiro atoms. The van der Waals surface area contributed by atoms with Gasteiger partial charge in [0.2, 0.25) is 0 Å². The molecule has 35 heavy (non-hydrogen) atoms.